The van der Waals surface area contributed by atoms with E-state index >= 15 is 8.78 Å². The highest BCUT2D eigenvalue weighted by Crippen LogP contribution is 2.54. The van der Waals surface area contributed by atoms with Crippen molar-refractivity contribution in [1.29, 1.82) is 0 Å². The molecule has 8 atom stereocenters. The van der Waals surface area contributed by atoms with Crippen LogP contribution in [0, 0.1) is 0 Å². The van der Waals surface area contributed by atoms with Crippen LogP contribution in [-0.4, -0.2) is 99.9 Å². The molecule has 45 heavy (non-hydrogen) atoms. The first-order chi connectivity index (χ1) is 21.3. The van der Waals surface area contributed by atoms with E-state index in [0.717, 1.165) is 28.1 Å². The summed E-state index contributed by atoms with van der Waals surface area (Å²) >= 11 is 8.80. The Bertz CT molecular complexity index is 1900. The minimum Gasteiger partial charge on any atom is -0.385 e. The third kappa shape index (κ3) is 5.61. The van der Waals surface area contributed by atoms with Gasteiger partial charge in [0.15, 0.2) is 28.8 Å². The van der Waals surface area contributed by atoms with Crippen LogP contribution in [0.1, 0.15) is 0 Å². The smallest absolute Gasteiger partial charge is 0.385 e. The third-order valence-electron chi connectivity index (χ3n) is 7.19. The van der Waals surface area contributed by atoms with E-state index in [4.69, 9.17) is 46.3 Å². The van der Waals surface area contributed by atoms with Crippen LogP contribution in [0.25, 0.3) is 22.3 Å². The number of anilines is 2. The fourth-order valence-electron chi connectivity index (χ4n) is 5.03. The van der Waals surface area contributed by atoms with Crippen molar-refractivity contribution < 1.29 is 46.4 Å². The Labute approximate surface area is 260 Å². The summed E-state index contributed by atoms with van der Waals surface area (Å²) in [6, 6.07) is 0. The van der Waals surface area contributed by atoms with Crippen molar-refractivity contribution in [3.05, 3.63) is 29.3 Å². The van der Waals surface area contributed by atoms with Crippen molar-refractivity contribution in [1.82, 2.24) is 39.0 Å². The zero-order valence-corrected chi connectivity index (χ0v) is 25.9. The molecular formula is C20H23F2N10O9P2S2+. The highest BCUT2D eigenvalue weighted by atomic mass is 32.7. The van der Waals surface area contributed by atoms with Gasteiger partial charge in [-0.15, -0.1) is 4.52 Å². The summed E-state index contributed by atoms with van der Waals surface area (Å²) in [4.78, 5) is 45.5. The Morgan fingerprint density at radius 2 is 1.87 bits per heavy atom. The number of nitrogens with one attached hydrogen (secondary N) is 1. The van der Waals surface area contributed by atoms with Crippen LogP contribution >= 0.6 is 26.2 Å². The topological polar surface area (TPSA) is 263 Å². The Morgan fingerprint density at radius 1 is 1.16 bits per heavy atom. The van der Waals surface area contributed by atoms with Gasteiger partial charge in [-0.25, -0.2) is 28.7 Å². The Balaban J connectivity index is 1.26. The predicted octanol–water partition coefficient (Wildman–Crippen LogP) is -0.251. The summed E-state index contributed by atoms with van der Waals surface area (Å²) in [7, 11) is -2.44. The second-order valence-electron chi connectivity index (χ2n) is 9.88. The first-order valence-electron chi connectivity index (χ1n) is 12.6. The Kier molecular flexibility index (Phi) is 8.40. The van der Waals surface area contributed by atoms with Crippen molar-refractivity contribution in [2.75, 3.05) is 37.9 Å². The van der Waals surface area contributed by atoms with E-state index in [1.807, 2.05) is 0 Å². The van der Waals surface area contributed by atoms with Gasteiger partial charge < -0.3 is 35.5 Å². The molecule has 2 fully saturated rings. The average molecular weight is 712 g/mol. The summed E-state index contributed by atoms with van der Waals surface area (Å²) < 4.78 is 72.6. The number of hydrogen-bond donors (Lipinski definition) is 6. The quantitative estimate of drug-likeness (QED) is 0.0915. The van der Waals surface area contributed by atoms with E-state index in [-0.39, 0.29) is 34.1 Å². The summed E-state index contributed by atoms with van der Waals surface area (Å²) in [5, 5.41) is 10.9. The van der Waals surface area contributed by atoms with Gasteiger partial charge in [0.1, 0.15) is 55.6 Å². The van der Waals surface area contributed by atoms with Gasteiger partial charge in [0.05, 0.1) is 25.9 Å². The number of aromatic nitrogens is 8. The third-order valence-corrected chi connectivity index (χ3v) is 9.47. The number of aliphatic hydroxyl groups excluding tert-OH is 1. The highest BCUT2D eigenvalue weighted by Gasteiger charge is 2.58. The molecule has 6 rings (SSSR count). The second kappa shape index (κ2) is 11.8. The zero-order chi connectivity index (χ0) is 32.3. The van der Waals surface area contributed by atoms with Crippen LogP contribution in [0.2, 0.25) is 0 Å². The molecule has 4 aromatic rings. The van der Waals surface area contributed by atoms with E-state index in [1.165, 1.54) is 0 Å². The molecule has 0 spiro atoms. The number of rotatable bonds is 10. The lowest BCUT2D eigenvalue weighted by Crippen LogP contribution is -2.46. The molecule has 2 aliphatic heterocycles. The molecule has 6 heterocycles. The van der Waals surface area contributed by atoms with Gasteiger partial charge >= 0.3 is 13.9 Å². The lowest BCUT2D eigenvalue weighted by Gasteiger charge is -2.34. The maximum Gasteiger partial charge on any atom is 0.582 e. The monoisotopic (exact) mass is 711 g/mol. The predicted molar refractivity (Wildman–Crippen MR) is 156 cm³/mol. The summed E-state index contributed by atoms with van der Waals surface area (Å²) in [5.41, 5.74) is 7.89. The molecule has 4 aromatic heterocycles. The van der Waals surface area contributed by atoms with E-state index in [9.17, 15) is 19.4 Å². The molecule has 2 saturated heterocycles. The fraction of sp³-hybridized carbons (Fsp3) is 0.500. The van der Waals surface area contributed by atoms with Gasteiger partial charge in [-0.05, 0) is 16.4 Å². The number of aliphatic hydroxyl groups is 1. The van der Waals surface area contributed by atoms with Gasteiger partial charge in [0, 0.05) is 0 Å². The highest BCUT2D eigenvalue weighted by molar-refractivity contribution is 8.39. The minimum absolute atomic E-state index is 0.00820. The van der Waals surface area contributed by atoms with Crippen molar-refractivity contribution >= 4 is 72.1 Å². The Hall–Kier alpha value is -2.82. The molecular weight excluding hydrogens is 688 g/mol. The maximum atomic E-state index is 16.2. The molecule has 0 aliphatic carbocycles. The first kappa shape index (κ1) is 32.1. The van der Waals surface area contributed by atoms with E-state index in [1.54, 1.807) is 0 Å². The molecule has 0 bridgehead atoms. The number of fused-ring (bicyclic) bond motifs is 2. The molecule has 0 amide bonds. The average Bonchev–Trinajstić information content (AvgIpc) is 3.73. The van der Waals surface area contributed by atoms with Gasteiger partial charge in [0.25, 0.3) is 5.56 Å². The van der Waals surface area contributed by atoms with Crippen molar-refractivity contribution in [3.63, 3.8) is 0 Å². The van der Waals surface area contributed by atoms with Gasteiger partial charge in [-0.1, -0.05) is 0 Å². The summed E-state index contributed by atoms with van der Waals surface area (Å²) in [6.45, 7) is -7.17. The molecule has 0 radical (unpaired) electrons. The number of H-pyrrole nitrogens is 1. The number of nitrogen functional groups attached to an aromatic ring is 2. The number of imidazole rings is 2. The standard InChI is InChI=1S/C20H22F2N10O9P2S2/c21-12-8(1-39-42(35)44)38-4-20(12,32-7-28-11-16(32)29-18(24)30-17(11)34)41-43(36,45)40-2-9-13(33)19(22,3-37-9)31-6-27-10-14(23)25-5-26-15(10)31/h5-9,12-13,33H,1-4H2,(H6-,23,24,25,26,29,30,34,35,36,44,45)/p+1/t8-,9-,12-,13-,19+,20-,43?/m1/s1. The van der Waals surface area contributed by atoms with Crippen molar-refractivity contribution in [2.45, 2.75) is 36.0 Å². The molecule has 7 N–H and O–H groups in total. The van der Waals surface area contributed by atoms with Crippen LogP contribution < -0.4 is 17.0 Å². The number of alkyl halides is 2. The maximum absolute atomic E-state index is 16.2. The number of nitrogens with two attached hydrogens (primary N) is 2. The van der Waals surface area contributed by atoms with Crippen LogP contribution in [0.3, 0.4) is 0 Å². The second-order valence-corrected chi connectivity index (χ2v) is 14.4. The van der Waals surface area contributed by atoms with Crippen LogP contribution in [-0.2, 0) is 50.9 Å². The number of aromatic amines is 1. The molecule has 25 heteroatoms. The lowest BCUT2D eigenvalue weighted by atomic mass is 10.1. The molecule has 0 aromatic carbocycles. The summed E-state index contributed by atoms with van der Waals surface area (Å²) in [5.74, 6) is -2.94. The molecule has 0 saturated carbocycles. The molecule has 19 nitrogen and oxygen atoms in total. The normalized spacial score (nSPS) is 30.3. The number of nitrogens with zero attached hydrogens (tertiary/aromatic N) is 7. The summed E-state index contributed by atoms with van der Waals surface area (Å²) in [6.07, 6.45) is -3.81. The van der Waals surface area contributed by atoms with E-state index in [2.05, 4.69) is 42.2 Å². The van der Waals surface area contributed by atoms with Crippen LogP contribution in [0.15, 0.2) is 23.8 Å². The SMILES string of the molecule is Nc1nc2c(ncn2[C@@]2(OP(O)(=S)OC[C@H]3OC[C@](F)(n4cnc5c(N)ncnc54)[C@@H]3O)CO[C@H](CO[P+](=O)S)[C@H]2F)c(=O)[nH]1. The van der Waals surface area contributed by atoms with Crippen LogP contribution in [0.4, 0.5) is 20.5 Å². The number of hydrogen-bond acceptors (Lipinski definition) is 16. The van der Waals surface area contributed by atoms with Gasteiger partial charge in [-0.3, -0.25) is 23.4 Å². The lowest BCUT2D eigenvalue weighted by molar-refractivity contribution is -0.0744. The van der Waals surface area contributed by atoms with Crippen molar-refractivity contribution in [2.24, 2.45) is 0 Å². The number of halogens is 2. The van der Waals surface area contributed by atoms with Crippen LogP contribution in [0.5, 0.6) is 0 Å². The number of thiol groups is 1. The number of ether oxygens (including phenoxy) is 2. The Morgan fingerprint density at radius 3 is 2.62 bits per heavy atom. The molecule has 2 aliphatic rings. The van der Waals surface area contributed by atoms with Crippen molar-refractivity contribution in [3.8, 4) is 0 Å². The first-order valence-corrected chi connectivity index (χ1v) is 17.6. The molecule has 2 unspecified atom stereocenters. The zero-order valence-electron chi connectivity index (χ0n) is 22.4. The van der Waals surface area contributed by atoms with E-state index < -0.39 is 81.9 Å². The van der Waals surface area contributed by atoms with Gasteiger partial charge in [-0.2, -0.15) is 4.98 Å². The fourth-order valence-corrected chi connectivity index (χ4v) is 7.11. The van der Waals surface area contributed by atoms with E-state index in [0.29, 0.717) is 0 Å². The largest absolute Gasteiger partial charge is 0.582 e. The minimum atomic E-state index is -4.54. The molecule has 242 valence electrons. The van der Waals surface area contributed by atoms with Gasteiger partial charge in [0.2, 0.25) is 17.5 Å².